The Morgan fingerprint density at radius 1 is 1.60 bits per heavy atom. The van der Waals surface area contributed by atoms with Crippen LogP contribution in [0.15, 0.2) is 0 Å². The van der Waals surface area contributed by atoms with Gasteiger partial charge in [-0.15, -0.1) is 0 Å². The quantitative estimate of drug-likeness (QED) is 0.247. The molecule has 6 heteroatoms. The molecular formula is C4H9N3O3. The van der Waals surface area contributed by atoms with Gasteiger partial charge in [-0.25, -0.2) is 10.6 Å². The maximum Gasteiger partial charge on any atom is 0.407 e. The molecule has 0 aromatic heterocycles. The molecule has 2 amide bonds. The zero-order valence-corrected chi connectivity index (χ0v) is 5.51. The molecule has 58 valence electrons. The van der Waals surface area contributed by atoms with Crippen LogP contribution in [0.3, 0.4) is 0 Å². The molecule has 0 bridgehead atoms. The van der Waals surface area contributed by atoms with Crippen LogP contribution >= 0.6 is 0 Å². The van der Waals surface area contributed by atoms with Gasteiger partial charge in [0, 0.05) is 7.05 Å². The van der Waals surface area contributed by atoms with Gasteiger partial charge < -0.3 is 10.1 Å². The van der Waals surface area contributed by atoms with Crippen molar-refractivity contribution in [3.8, 4) is 0 Å². The Hall–Kier alpha value is -1.30. The van der Waals surface area contributed by atoms with Gasteiger partial charge in [0.25, 0.3) is 5.91 Å². The van der Waals surface area contributed by atoms with Gasteiger partial charge in [0.05, 0.1) is 0 Å². The molecule has 0 aromatic carbocycles. The van der Waals surface area contributed by atoms with E-state index in [1.807, 2.05) is 0 Å². The van der Waals surface area contributed by atoms with Crippen molar-refractivity contribution < 1.29 is 14.3 Å². The van der Waals surface area contributed by atoms with Crippen molar-refractivity contribution in [3.05, 3.63) is 0 Å². The van der Waals surface area contributed by atoms with E-state index in [9.17, 15) is 9.59 Å². The summed E-state index contributed by atoms with van der Waals surface area (Å²) in [6.45, 7) is -0.365. The van der Waals surface area contributed by atoms with Crippen LogP contribution in [0.4, 0.5) is 4.79 Å². The lowest BCUT2D eigenvalue weighted by Crippen LogP contribution is -2.35. The largest absolute Gasteiger partial charge is 0.439 e. The van der Waals surface area contributed by atoms with E-state index in [2.05, 4.69) is 15.9 Å². The van der Waals surface area contributed by atoms with Crippen molar-refractivity contribution >= 4 is 12.0 Å². The highest BCUT2D eigenvalue weighted by molar-refractivity contribution is 5.79. The minimum atomic E-state index is -0.663. The Balaban J connectivity index is 3.35. The van der Waals surface area contributed by atoms with E-state index in [4.69, 9.17) is 0 Å². The summed E-state index contributed by atoms with van der Waals surface area (Å²) in [5.41, 5.74) is 1.80. The van der Waals surface area contributed by atoms with Crippen LogP contribution in [0.25, 0.3) is 0 Å². The van der Waals surface area contributed by atoms with Gasteiger partial charge in [-0.05, 0) is 0 Å². The first kappa shape index (κ1) is 8.70. The van der Waals surface area contributed by atoms with Crippen LogP contribution < -0.4 is 16.6 Å². The summed E-state index contributed by atoms with van der Waals surface area (Å²) in [7, 11) is 1.39. The first-order valence-electron chi connectivity index (χ1n) is 2.54. The molecule has 0 aromatic rings. The number of nitrogens with two attached hydrogens (primary N) is 1. The van der Waals surface area contributed by atoms with E-state index >= 15 is 0 Å². The molecule has 0 unspecified atom stereocenters. The van der Waals surface area contributed by atoms with Crippen molar-refractivity contribution in [1.82, 2.24) is 10.7 Å². The zero-order chi connectivity index (χ0) is 7.98. The molecular weight excluding hydrogens is 138 g/mol. The molecule has 0 saturated carbocycles. The first-order valence-corrected chi connectivity index (χ1v) is 2.54. The molecule has 0 heterocycles. The summed E-state index contributed by atoms with van der Waals surface area (Å²) in [5, 5.41) is 2.16. The fraction of sp³-hybridized carbons (Fsp3) is 0.500. The fourth-order valence-electron chi connectivity index (χ4n) is 0.245. The number of hydrazine groups is 1. The smallest absolute Gasteiger partial charge is 0.407 e. The molecule has 0 fully saturated rings. The Bertz CT molecular complexity index is 120. The molecule has 0 rings (SSSR count). The van der Waals surface area contributed by atoms with Gasteiger partial charge in [-0.1, -0.05) is 0 Å². The second-order valence-corrected chi connectivity index (χ2v) is 1.39. The van der Waals surface area contributed by atoms with Gasteiger partial charge in [0.2, 0.25) is 0 Å². The second kappa shape index (κ2) is 4.57. The Morgan fingerprint density at radius 3 is 2.60 bits per heavy atom. The highest BCUT2D eigenvalue weighted by Gasteiger charge is 2.01. The molecule has 0 spiro atoms. The number of nitrogens with one attached hydrogen (secondary N) is 2. The molecule has 4 N–H and O–H groups in total. The van der Waals surface area contributed by atoms with Crippen molar-refractivity contribution in [3.63, 3.8) is 0 Å². The SMILES string of the molecule is CNC(=O)OCC(=O)NN. The first-order chi connectivity index (χ1) is 4.70. The number of carbonyl (C=O) groups is 2. The van der Waals surface area contributed by atoms with Gasteiger partial charge in [0.15, 0.2) is 6.61 Å². The van der Waals surface area contributed by atoms with Crippen molar-refractivity contribution in [2.75, 3.05) is 13.7 Å². The Morgan fingerprint density at radius 2 is 2.20 bits per heavy atom. The van der Waals surface area contributed by atoms with Crippen LogP contribution in [0.1, 0.15) is 0 Å². The Labute approximate surface area is 57.7 Å². The van der Waals surface area contributed by atoms with E-state index in [1.54, 1.807) is 5.43 Å². The van der Waals surface area contributed by atoms with Crippen LogP contribution in [-0.2, 0) is 9.53 Å². The lowest BCUT2D eigenvalue weighted by Gasteiger charge is -2.00. The van der Waals surface area contributed by atoms with Crippen molar-refractivity contribution in [1.29, 1.82) is 0 Å². The topological polar surface area (TPSA) is 93.4 Å². The average molecular weight is 147 g/mol. The number of hydrogen-bond donors (Lipinski definition) is 3. The van der Waals surface area contributed by atoms with E-state index < -0.39 is 12.0 Å². The van der Waals surface area contributed by atoms with Gasteiger partial charge >= 0.3 is 6.09 Å². The van der Waals surface area contributed by atoms with Crippen LogP contribution in [0, 0.1) is 0 Å². The predicted octanol–water partition coefficient (Wildman–Crippen LogP) is -1.67. The number of carbonyl (C=O) groups excluding carboxylic acids is 2. The summed E-state index contributed by atoms with van der Waals surface area (Å²) in [5.74, 6) is 4.14. The summed E-state index contributed by atoms with van der Waals surface area (Å²) in [6.07, 6.45) is -0.663. The van der Waals surface area contributed by atoms with Crippen molar-refractivity contribution in [2.45, 2.75) is 0 Å². The number of alkyl carbamates (subject to hydrolysis) is 1. The predicted molar refractivity (Wildman–Crippen MR) is 32.7 cm³/mol. The zero-order valence-electron chi connectivity index (χ0n) is 5.51. The Kier molecular flexibility index (Phi) is 3.97. The second-order valence-electron chi connectivity index (χ2n) is 1.39. The number of amides is 2. The van der Waals surface area contributed by atoms with Crippen LogP contribution in [-0.4, -0.2) is 25.7 Å². The van der Waals surface area contributed by atoms with Crippen molar-refractivity contribution in [2.24, 2.45) is 5.84 Å². The van der Waals surface area contributed by atoms with Crippen LogP contribution in [0.5, 0.6) is 0 Å². The highest BCUT2D eigenvalue weighted by atomic mass is 16.6. The third-order valence-corrected chi connectivity index (χ3v) is 0.699. The number of hydrogen-bond acceptors (Lipinski definition) is 4. The highest BCUT2D eigenvalue weighted by Crippen LogP contribution is 1.73. The van der Waals surface area contributed by atoms with Gasteiger partial charge in [0.1, 0.15) is 0 Å². The van der Waals surface area contributed by atoms with E-state index in [-0.39, 0.29) is 6.61 Å². The molecule has 10 heavy (non-hydrogen) atoms. The molecule has 0 radical (unpaired) electrons. The summed E-state index contributed by atoms with van der Waals surface area (Å²) >= 11 is 0. The lowest BCUT2D eigenvalue weighted by atomic mass is 10.7. The number of ether oxygens (including phenoxy) is 1. The summed E-state index contributed by atoms with van der Waals surface area (Å²) < 4.78 is 4.30. The third-order valence-electron chi connectivity index (χ3n) is 0.699. The molecule has 0 atom stereocenters. The average Bonchev–Trinajstić information content (AvgIpc) is 1.99. The monoisotopic (exact) mass is 147 g/mol. The van der Waals surface area contributed by atoms with Gasteiger partial charge in [-0.2, -0.15) is 0 Å². The lowest BCUT2D eigenvalue weighted by molar-refractivity contribution is -0.124. The maximum absolute atomic E-state index is 10.3. The molecule has 0 aliphatic heterocycles. The minimum absolute atomic E-state index is 0.365. The van der Waals surface area contributed by atoms with E-state index in [0.29, 0.717) is 0 Å². The normalized spacial score (nSPS) is 8.20. The molecule has 0 aliphatic rings. The summed E-state index contributed by atoms with van der Waals surface area (Å²) in [4.78, 5) is 20.6. The molecule has 6 nitrogen and oxygen atoms in total. The minimum Gasteiger partial charge on any atom is -0.439 e. The third kappa shape index (κ3) is 3.67. The van der Waals surface area contributed by atoms with Crippen LogP contribution in [0.2, 0.25) is 0 Å². The standard InChI is InChI=1S/C4H9N3O3/c1-6-4(9)10-2-3(8)7-5/h2,5H2,1H3,(H,6,9)(H,7,8). The van der Waals surface area contributed by atoms with E-state index in [1.165, 1.54) is 7.05 Å². The van der Waals surface area contributed by atoms with E-state index in [0.717, 1.165) is 0 Å². The van der Waals surface area contributed by atoms with Gasteiger partial charge in [-0.3, -0.25) is 10.2 Å². The summed E-state index contributed by atoms with van der Waals surface area (Å²) in [6, 6.07) is 0. The fourth-order valence-corrected chi connectivity index (χ4v) is 0.245. The molecule has 0 aliphatic carbocycles. The molecule has 0 saturated heterocycles. The maximum atomic E-state index is 10.3. The number of rotatable bonds is 2.